The standard InChI is InChI=1S/C11H18N2O/c1-11(13,8-14)10-5-3-2-4-9(10)6-7-12/h2-5,14H,6-8,12-13H2,1H3. The molecule has 0 heterocycles. The summed E-state index contributed by atoms with van der Waals surface area (Å²) < 4.78 is 0. The Kier molecular flexibility index (Phi) is 3.63. The van der Waals surface area contributed by atoms with Gasteiger partial charge in [-0.1, -0.05) is 24.3 Å². The zero-order valence-electron chi connectivity index (χ0n) is 8.53. The van der Waals surface area contributed by atoms with Crippen molar-refractivity contribution in [1.82, 2.24) is 0 Å². The molecule has 1 aromatic rings. The predicted octanol–water partition coefficient (Wildman–Crippen LogP) is 0.354. The van der Waals surface area contributed by atoms with Gasteiger partial charge in [0, 0.05) is 0 Å². The molecule has 0 spiro atoms. The first-order valence-corrected chi connectivity index (χ1v) is 4.80. The first-order valence-electron chi connectivity index (χ1n) is 4.80. The Morgan fingerprint density at radius 2 is 2.00 bits per heavy atom. The Morgan fingerprint density at radius 3 is 2.57 bits per heavy atom. The lowest BCUT2D eigenvalue weighted by Crippen LogP contribution is -2.38. The molecule has 0 radical (unpaired) electrons. The number of benzene rings is 1. The van der Waals surface area contributed by atoms with E-state index >= 15 is 0 Å². The highest BCUT2D eigenvalue weighted by Gasteiger charge is 2.22. The summed E-state index contributed by atoms with van der Waals surface area (Å²) in [5.41, 5.74) is 12.9. The zero-order chi connectivity index (χ0) is 10.6. The molecule has 1 unspecified atom stereocenters. The molecule has 0 aromatic heterocycles. The van der Waals surface area contributed by atoms with E-state index in [9.17, 15) is 5.11 Å². The number of aliphatic hydroxyl groups is 1. The highest BCUT2D eigenvalue weighted by Crippen LogP contribution is 2.21. The molecule has 78 valence electrons. The molecule has 0 aliphatic carbocycles. The maximum Gasteiger partial charge on any atom is 0.0650 e. The largest absolute Gasteiger partial charge is 0.394 e. The fraction of sp³-hybridized carbons (Fsp3) is 0.455. The third kappa shape index (κ3) is 2.32. The summed E-state index contributed by atoms with van der Waals surface area (Å²) in [5.74, 6) is 0. The van der Waals surface area contributed by atoms with Gasteiger partial charge < -0.3 is 16.6 Å². The van der Waals surface area contributed by atoms with Gasteiger partial charge in [-0.25, -0.2) is 0 Å². The second-order valence-electron chi connectivity index (χ2n) is 3.77. The smallest absolute Gasteiger partial charge is 0.0650 e. The van der Waals surface area contributed by atoms with E-state index in [0.717, 1.165) is 17.5 Å². The average Bonchev–Trinajstić information content (AvgIpc) is 2.19. The van der Waals surface area contributed by atoms with Gasteiger partial charge in [-0.3, -0.25) is 0 Å². The zero-order valence-corrected chi connectivity index (χ0v) is 8.53. The summed E-state index contributed by atoms with van der Waals surface area (Å²) in [6.45, 7) is 2.36. The van der Waals surface area contributed by atoms with Crippen molar-refractivity contribution in [3.8, 4) is 0 Å². The van der Waals surface area contributed by atoms with E-state index in [1.165, 1.54) is 0 Å². The van der Waals surface area contributed by atoms with Crippen LogP contribution in [-0.4, -0.2) is 18.3 Å². The van der Waals surface area contributed by atoms with Gasteiger partial charge in [0.2, 0.25) is 0 Å². The van der Waals surface area contributed by atoms with E-state index in [4.69, 9.17) is 11.5 Å². The Morgan fingerprint density at radius 1 is 1.36 bits per heavy atom. The third-order valence-corrected chi connectivity index (χ3v) is 2.37. The van der Waals surface area contributed by atoms with Gasteiger partial charge in [0.15, 0.2) is 0 Å². The quantitative estimate of drug-likeness (QED) is 0.647. The van der Waals surface area contributed by atoms with E-state index in [0.29, 0.717) is 6.54 Å². The van der Waals surface area contributed by atoms with Crippen molar-refractivity contribution < 1.29 is 5.11 Å². The van der Waals surface area contributed by atoms with Crippen LogP contribution in [-0.2, 0) is 12.0 Å². The predicted molar refractivity (Wildman–Crippen MR) is 57.8 cm³/mol. The van der Waals surface area contributed by atoms with Crippen molar-refractivity contribution in [2.24, 2.45) is 11.5 Å². The van der Waals surface area contributed by atoms with Crippen molar-refractivity contribution >= 4 is 0 Å². The molecule has 5 N–H and O–H groups in total. The van der Waals surface area contributed by atoms with E-state index in [2.05, 4.69) is 0 Å². The fourth-order valence-corrected chi connectivity index (χ4v) is 1.54. The first kappa shape index (κ1) is 11.2. The molecule has 1 aromatic carbocycles. The van der Waals surface area contributed by atoms with Gasteiger partial charge in [0.1, 0.15) is 0 Å². The van der Waals surface area contributed by atoms with E-state index < -0.39 is 5.54 Å². The third-order valence-electron chi connectivity index (χ3n) is 2.37. The molecular weight excluding hydrogens is 176 g/mol. The van der Waals surface area contributed by atoms with Crippen LogP contribution in [0.25, 0.3) is 0 Å². The summed E-state index contributed by atoms with van der Waals surface area (Å²) in [6, 6.07) is 7.84. The number of hydrogen-bond acceptors (Lipinski definition) is 3. The number of nitrogens with two attached hydrogens (primary N) is 2. The minimum atomic E-state index is -0.675. The molecule has 14 heavy (non-hydrogen) atoms. The average molecular weight is 194 g/mol. The molecule has 0 aliphatic rings. The van der Waals surface area contributed by atoms with Crippen LogP contribution in [0.15, 0.2) is 24.3 Å². The molecule has 1 atom stereocenters. The Labute approximate surface area is 84.7 Å². The van der Waals surface area contributed by atoms with Gasteiger partial charge in [0.05, 0.1) is 12.1 Å². The monoisotopic (exact) mass is 194 g/mol. The first-order chi connectivity index (χ1) is 6.61. The topological polar surface area (TPSA) is 72.3 Å². The maximum absolute atomic E-state index is 9.18. The van der Waals surface area contributed by atoms with Crippen LogP contribution in [0, 0.1) is 0 Å². The van der Waals surface area contributed by atoms with Crippen LogP contribution in [0.4, 0.5) is 0 Å². The summed E-state index contributed by atoms with van der Waals surface area (Å²) in [4.78, 5) is 0. The Bertz CT molecular complexity index is 297. The van der Waals surface area contributed by atoms with E-state index in [-0.39, 0.29) is 6.61 Å². The van der Waals surface area contributed by atoms with Gasteiger partial charge in [-0.2, -0.15) is 0 Å². The lowest BCUT2D eigenvalue weighted by Gasteiger charge is -2.25. The van der Waals surface area contributed by atoms with E-state index in [1.54, 1.807) is 0 Å². The van der Waals surface area contributed by atoms with Crippen LogP contribution in [0.5, 0.6) is 0 Å². The highest BCUT2D eigenvalue weighted by molar-refractivity contribution is 5.33. The van der Waals surface area contributed by atoms with Crippen molar-refractivity contribution in [2.45, 2.75) is 18.9 Å². The van der Waals surface area contributed by atoms with Gasteiger partial charge in [-0.05, 0) is 31.0 Å². The van der Waals surface area contributed by atoms with Crippen molar-refractivity contribution in [3.05, 3.63) is 35.4 Å². The molecule has 3 nitrogen and oxygen atoms in total. The lowest BCUT2D eigenvalue weighted by atomic mass is 9.89. The molecule has 1 rings (SSSR count). The van der Waals surface area contributed by atoms with Crippen LogP contribution in [0.3, 0.4) is 0 Å². The number of hydrogen-bond donors (Lipinski definition) is 3. The molecular formula is C11H18N2O. The Hall–Kier alpha value is -0.900. The summed E-state index contributed by atoms with van der Waals surface area (Å²) in [7, 11) is 0. The second-order valence-corrected chi connectivity index (χ2v) is 3.77. The van der Waals surface area contributed by atoms with Crippen LogP contribution >= 0.6 is 0 Å². The minimum Gasteiger partial charge on any atom is -0.394 e. The maximum atomic E-state index is 9.18. The molecule has 0 amide bonds. The van der Waals surface area contributed by atoms with Gasteiger partial charge in [0.25, 0.3) is 0 Å². The number of rotatable bonds is 4. The molecule has 3 heteroatoms. The summed E-state index contributed by atoms with van der Waals surface area (Å²) >= 11 is 0. The second kappa shape index (κ2) is 4.55. The van der Waals surface area contributed by atoms with Crippen LogP contribution in [0.1, 0.15) is 18.1 Å². The van der Waals surface area contributed by atoms with Gasteiger partial charge in [-0.15, -0.1) is 0 Å². The van der Waals surface area contributed by atoms with Crippen LogP contribution in [0.2, 0.25) is 0 Å². The Balaban J connectivity index is 3.06. The van der Waals surface area contributed by atoms with Crippen molar-refractivity contribution in [2.75, 3.05) is 13.2 Å². The summed E-state index contributed by atoms with van der Waals surface area (Å²) in [6.07, 6.45) is 0.795. The van der Waals surface area contributed by atoms with E-state index in [1.807, 2.05) is 31.2 Å². The fourth-order valence-electron chi connectivity index (χ4n) is 1.54. The van der Waals surface area contributed by atoms with Crippen LogP contribution < -0.4 is 11.5 Å². The minimum absolute atomic E-state index is 0.0609. The normalized spacial score (nSPS) is 15.1. The molecule has 0 saturated heterocycles. The van der Waals surface area contributed by atoms with Crippen molar-refractivity contribution in [3.63, 3.8) is 0 Å². The van der Waals surface area contributed by atoms with Gasteiger partial charge >= 0.3 is 0 Å². The molecule has 0 saturated carbocycles. The molecule has 0 aliphatic heterocycles. The lowest BCUT2D eigenvalue weighted by molar-refractivity contribution is 0.209. The molecule has 0 bridgehead atoms. The summed E-state index contributed by atoms with van der Waals surface area (Å²) in [5, 5.41) is 9.18. The highest BCUT2D eigenvalue weighted by atomic mass is 16.3. The number of aliphatic hydroxyl groups excluding tert-OH is 1. The van der Waals surface area contributed by atoms with Crippen molar-refractivity contribution in [1.29, 1.82) is 0 Å². The molecule has 0 fully saturated rings. The SMILES string of the molecule is CC(N)(CO)c1ccccc1CCN.